The molecule has 0 N–H and O–H groups in total. The van der Waals surface area contributed by atoms with Gasteiger partial charge in [-0.05, 0) is 24.7 Å². The molecule has 6 nitrogen and oxygen atoms in total. The quantitative estimate of drug-likeness (QED) is 0.672. The number of amides is 2. The van der Waals surface area contributed by atoms with Crippen molar-refractivity contribution in [2.45, 2.75) is 25.9 Å². The van der Waals surface area contributed by atoms with Crippen LogP contribution in [0.5, 0.6) is 0 Å². The zero-order chi connectivity index (χ0) is 16.6. The minimum atomic E-state index is -0.0123. The molecule has 6 heteroatoms. The third kappa shape index (κ3) is 3.69. The third-order valence-electron chi connectivity index (χ3n) is 5.53. The Morgan fingerprint density at radius 3 is 2.70 bits per heavy atom. The molecule has 0 aromatic heterocycles. The number of hydrogen-bond acceptors (Lipinski definition) is 4. The van der Waals surface area contributed by atoms with E-state index in [9.17, 15) is 9.59 Å². The van der Waals surface area contributed by atoms with E-state index in [1.165, 1.54) is 4.90 Å². The summed E-state index contributed by atoms with van der Waals surface area (Å²) in [5, 5.41) is 0. The molecule has 2 amide bonds. The van der Waals surface area contributed by atoms with E-state index in [1.807, 2.05) is 4.90 Å². The standard InChI is InChI=1S/C17H28N2O4/c1-11-6-13(11)17(21)19-7-14-12(9-23-15(14)8-19)4-5-22-10-16(20)18(2)3/h11-15H,4-10H2,1-3H3/t11-,12-,13+,14-,15-/m0/s1. The van der Waals surface area contributed by atoms with Crippen molar-refractivity contribution in [2.75, 3.05) is 47.0 Å². The Morgan fingerprint density at radius 1 is 1.30 bits per heavy atom. The first-order valence-electron chi connectivity index (χ1n) is 8.65. The van der Waals surface area contributed by atoms with E-state index in [-0.39, 0.29) is 24.5 Å². The van der Waals surface area contributed by atoms with Crippen molar-refractivity contribution in [3.63, 3.8) is 0 Å². The number of likely N-dealkylation sites (tertiary alicyclic amines) is 1. The van der Waals surface area contributed by atoms with Crippen molar-refractivity contribution in [3.8, 4) is 0 Å². The topological polar surface area (TPSA) is 59.1 Å². The molecule has 3 aliphatic rings. The van der Waals surface area contributed by atoms with Crippen molar-refractivity contribution in [1.82, 2.24) is 9.80 Å². The fourth-order valence-electron chi connectivity index (χ4n) is 3.70. The summed E-state index contributed by atoms with van der Waals surface area (Å²) < 4.78 is 11.4. The molecular formula is C17H28N2O4. The molecule has 23 heavy (non-hydrogen) atoms. The van der Waals surface area contributed by atoms with Crippen LogP contribution in [0.15, 0.2) is 0 Å². The normalized spacial score (nSPS) is 35.3. The van der Waals surface area contributed by atoms with Crippen LogP contribution in [0.1, 0.15) is 19.8 Å². The van der Waals surface area contributed by atoms with Crippen molar-refractivity contribution < 1.29 is 19.1 Å². The second-order valence-corrected chi connectivity index (χ2v) is 7.49. The van der Waals surface area contributed by atoms with E-state index in [0.29, 0.717) is 30.3 Å². The van der Waals surface area contributed by atoms with Crippen molar-refractivity contribution in [3.05, 3.63) is 0 Å². The monoisotopic (exact) mass is 324 g/mol. The van der Waals surface area contributed by atoms with Gasteiger partial charge in [-0.3, -0.25) is 9.59 Å². The Labute approximate surface area is 138 Å². The lowest BCUT2D eigenvalue weighted by Gasteiger charge is -2.20. The Morgan fingerprint density at radius 2 is 2.04 bits per heavy atom. The summed E-state index contributed by atoms with van der Waals surface area (Å²) in [5.74, 6) is 1.99. The van der Waals surface area contributed by atoms with Crippen molar-refractivity contribution in [1.29, 1.82) is 0 Å². The largest absolute Gasteiger partial charge is 0.376 e. The molecule has 0 radical (unpaired) electrons. The molecule has 5 atom stereocenters. The predicted molar refractivity (Wildman–Crippen MR) is 84.7 cm³/mol. The molecule has 3 fully saturated rings. The van der Waals surface area contributed by atoms with Gasteiger partial charge in [-0.2, -0.15) is 0 Å². The van der Waals surface area contributed by atoms with Gasteiger partial charge in [0.25, 0.3) is 0 Å². The minimum absolute atomic E-state index is 0.0123. The van der Waals surface area contributed by atoms with E-state index in [1.54, 1.807) is 14.1 Å². The van der Waals surface area contributed by atoms with Crippen LogP contribution < -0.4 is 0 Å². The van der Waals surface area contributed by atoms with Crippen LogP contribution in [-0.4, -0.2) is 74.7 Å². The molecule has 0 aromatic carbocycles. The van der Waals surface area contributed by atoms with Gasteiger partial charge in [0.1, 0.15) is 6.61 Å². The molecule has 2 saturated heterocycles. The third-order valence-corrected chi connectivity index (χ3v) is 5.53. The lowest BCUT2D eigenvalue weighted by Crippen LogP contribution is -2.33. The maximum absolute atomic E-state index is 12.4. The summed E-state index contributed by atoms with van der Waals surface area (Å²) >= 11 is 0. The zero-order valence-corrected chi connectivity index (χ0v) is 14.4. The highest BCUT2D eigenvalue weighted by Crippen LogP contribution is 2.42. The molecule has 3 rings (SSSR count). The van der Waals surface area contributed by atoms with Gasteiger partial charge in [0.05, 0.1) is 12.7 Å². The van der Waals surface area contributed by atoms with E-state index in [0.717, 1.165) is 32.5 Å². The van der Waals surface area contributed by atoms with E-state index < -0.39 is 0 Å². The van der Waals surface area contributed by atoms with Gasteiger partial charge in [-0.15, -0.1) is 0 Å². The Hall–Kier alpha value is -1.14. The molecule has 1 aliphatic carbocycles. The summed E-state index contributed by atoms with van der Waals surface area (Å²) in [5.41, 5.74) is 0. The molecule has 1 saturated carbocycles. The number of carbonyl (C=O) groups is 2. The van der Waals surface area contributed by atoms with Crippen LogP contribution >= 0.6 is 0 Å². The average molecular weight is 324 g/mol. The maximum atomic E-state index is 12.4. The van der Waals surface area contributed by atoms with Gasteiger partial charge in [0, 0.05) is 45.6 Å². The number of fused-ring (bicyclic) bond motifs is 1. The van der Waals surface area contributed by atoms with Gasteiger partial charge in [-0.25, -0.2) is 0 Å². The van der Waals surface area contributed by atoms with Crippen LogP contribution in [0.4, 0.5) is 0 Å². The highest BCUT2D eigenvalue weighted by Gasteiger charge is 2.49. The van der Waals surface area contributed by atoms with Crippen molar-refractivity contribution in [2.24, 2.45) is 23.7 Å². The van der Waals surface area contributed by atoms with Crippen LogP contribution in [0.3, 0.4) is 0 Å². The van der Waals surface area contributed by atoms with Crippen molar-refractivity contribution >= 4 is 11.8 Å². The second-order valence-electron chi connectivity index (χ2n) is 7.49. The SMILES string of the molecule is C[C@H]1C[C@H]1C(=O)N1C[C@H]2[C@@H](CCOCC(=O)N(C)C)CO[C@H]2C1. The van der Waals surface area contributed by atoms with Gasteiger partial charge in [0.15, 0.2) is 0 Å². The fourth-order valence-corrected chi connectivity index (χ4v) is 3.70. The predicted octanol–water partition coefficient (Wildman–Crippen LogP) is 0.611. The molecule has 130 valence electrons. The summed E-state index contributed by atoms with van der Waals surface area (Å²) in [6.45, 7) is 5.19. The van der Waals surface area contributed by atoms with Gasteiger partial charge in [0.2, 0.25) is 11.8 Å². The summed E-state index contributed by atoms with van der Waals surface area (Å²) in [6.07, 6.45) is 2.13. The number of rotatable bonds is 6. The van der Waals surface area contributed by atoms with E-state index >= 15 is 0 Å². The summed E-state index contributed by atoms with van der Waals surface area (Å²) in [6, 6.07) is 0. The van der Waals surface area contributed by atoms with Gasteiger partial charge < -0.3 is 19.3 Å². The molecule has 0 spiro atoms. The zero-order valence-electron chi connectivity index (χ0n) is 14.4. The van der Waals surface area contributed by atoms with E-state index in [2.05, 4.69) is 6.92 Å². The Bertz CT molecular complexity index is 468. The van der Waals surface area contributed by atoms with Crippen LogP contribution in [0, 0.1) is 23.7 Å². The number of nitrogens with zero attached hydrogens (tertiary/aromatic N) is 2. The van der Waals surface area contributed by atoms with Gasteiger partial charge >= 0.3 is 0 Å². The first-order valence-corrected chi connectivity index (χ1v) is 8.65. The Kier molecular flexibility index (Phi) is 4.92. The first kappa shape index (κ1) is 16.7. The highest BCUT2D eigenvalue weighted by atomic mass is 16.5. The van der Waals surface area contributed by atoms with Gasteiger partial charge in [-0.1, -0.05) is 6.92 Å². The van der Waals surface area contributed by atoms with Crippen LogP contribution in [0.2, 0.25) is 0 Å². The highest BCUT2D eigenvalue weighted by molar-refractivity contribution is 5.82. The fraction of sp³-hybridized carbons (Fsp3) is 0.882. The van der Waals surface area contributed by atoms with E-state index in [4.69, 9.17) is 9.47 Å². The summed E-state index contributed by atoms with van der Waals surface area (Å²) in [7, 11) is 3.46. The molecule has 0 unspecified atom stereocenters. The molecule has 2 heterocycles. The molecule has 0 aromatic rings. The minimum Gasteiger partial charge on any atom is -0.376 e. The number of likely N-dealkylation sites (N-methyl/N-ethyl adjacent to an activating group) is 1. The average Bonchev–Trinajstić information content (AvgIpc) is 2.94. The lowest BCUT2D eigenvalue weighted by molar-refractivity contribution is -0.134. The first-order chi connectivity index (χ1) is 11.0. The lowest BCUT2D eigenvalue weighted by atomic mass is 9.91. The molecule has 2 aliphatic heterocycles. The summed E-state index contributed by atoms with van der Waals surface area (Å²) in [4.78, 5) is 27.4. The van der Waals surface area contributed by atoms with Crippen LogP contribution in [0.25, 0.3) is 0 Å². The second kappa shape index (κ2) is 6.77. The number of ether oxygens (including phenoxy) is 2. The number of hydrogen-bond donors (Lipinski definition) is 0. The molecular weight excluding hydrogens is 296 g/mol. The van der Waals surface area contributed by atoms with Crippen LogP contribution in [-0.2, 0) is 19.1 Å². The maximum Gasteiger partial charge on any atom is 0.248 e. The Balaban J connectivity index is 1.41. The molecule has 0 bridgehead atoms. The number of carbonyl (C=O) groups excluding carboxylic acids is 2. The smallest absolute Gasteiger partial charge is 0.248 e.